The standard InChI is InChI=1S/C14H16N2O3S/c1-3-4-5-13(17)15-14-16(2)9-6-10-11(19-8-18-10)7-12(9)20-14/h6-7H,3-5,8H2,1-2H3. The number of aryl methyl sites for hydroxylation is 1. The maximum absolute atomic E-state index is 11.8. The quantitative estimate of drug-likeness (QED) is 0.873. The maximum Gasteiger partial charge on any atom is 0.248 e. The highest BCUT2D eigenvalue weighted by atomic mass is 32.1. The average Bonchev–Trinajstić information content (AvgIpc) is 3.00. The lowest BCUT2D eigenvalue weighted by atomic mass is 10.2. The number of rotatable bonds is 3. The second-order valence-corrected chi connectivity index (χ2v) is 5.74. The molecular formula is C14H16N2O3S. The summed E-state index contributed by atoms with van der Waals surface area (Å²) in [5.74, 6) is 1.44. The fourth-order valence-corrected chi connectivity index (χ4v) is 3.16. The molecule has 0 bridgehead atoms. The second kappa shape index (κ2) is 5.28. The van der Waals surface area contributed by atoms with Crippen LogP contribution in [0.3, 0.4) is 0 Å². The van der Waals surface area contributed by atoms with E-state index in [1.165, 1.54) is 11.3 Å². The lowest BCUT2D eigenvalue weighted by molar-refractivity contribution is -0.118. The van der Waals surface area contributed by atoms with Crippen LogP contribution in [-0.4, -0.2) is 17.3 Å². The Morgan fingerprint density at radius 2 is 2.15 bits per heavy atom. The van der Waals surface area contributed by atoms with Crippen LogP contribution in [0.15, 0.2) is 17.1 Å². The van der Waals surface area contributed by atoms with Gasteiger partial charge < -0.3 is 14.0 Å². The number of amides is 1. The van der Waals surface area contributed by atoms with Crippen LogP contribution in [0, 0.1) is 0 Å². The minimum atomic E-state index is -0.0611. The molecule has 5 nitrogen and oxygen atoms in total. The molecular weight excluding hydrogens is 276 g/mol. The van der Waals surface area contributed by atoms with Crippen molar-refractivity contribution in [2.75, 3.05) is 6.79 Å². The summed E-state index contributed by atoms with van der Waals surface area (Å²) < 4.78 is 13.7. The number of benzene rings is 1. The molecule has 0 unspecified atom stereocenters. The molecule has 0 spiro atoms. The van der Waals surface area contributed by atoms with Crippen molar-refractivity contribution in [3.63, 3.8) is 0 Å². The Bertz CT molecular complexity index is 730. The van der Waals surface area contributed by atoms with Crippen LogP contribution in [0.5, 0.6) is 11.5 Å². The van der Waals surface area contributed by atoms with Gasteiger partial charge in [0, 0.05) is 25.6 Å². The van der Waals surface area contributed by atoms with Crippen LogP contribution in [0.4, 0.5) is 0 Å². The predicted molar refractivity (Wildman–Crippen MR) is 77.0 cm³/mol. The monoisotopic (exact) mass is 292 g/mol. The number of nitrogens with zero attached hydrogens (tertiary/aromatic N) is 2. The topological polar surface area (TPSA) is 52.8 Å². The number of carbonyl (C=O) groups is 1. The van der Waals surface area contributed by atoms with E-state index < -0.39 is 0 Å². The molecule has 0 atom stereocenters. The van der Waals surface area contributed by atoms with E-state index in [4.69, 9.17) is 9.47 Å². The highest BCUT2D eigenvalue weighted by Crippen LogP contribution is 2.36. The van der Waals surface area contributed by atoms with E-state index >= 15 is 0 Å². The molecule has 1 amide bonds. The van der Waals surface area contributed by atoms with Crippen molar-refractivity contribution in [1.82, 2.24) is 4.57 Å². The summed E-state index contributed by atoms with van der Waals surface area (Å²) >= 11 is 1.49. The Kier molecular flexibility index (Phi) is 3.48. The Labute approximate surface area is 120 Å². The number of carbonyl (C=O) groups excluding carboxylic acids is 1. The summed E-state index contributed by atoms with van der Waals surface area (Å²) in [7, 11) is 1.91. The molecule has 20 heavy (non-hydrogen) atoms. The number of thiazole rings is 1. The van der Waals surface area contributed by atoms with Crippen LogP contribution < -0.4 is 14.3 Å². The van der Waals surface area contributed by atoms with Crippen LogP contribution in [-0.2, 0) is 11.8 Å². The Balaban J connectivity index is 2.03. The van der Waals surface area contributed by atoms with E-state index in [-0.39, 0.29) is 12.7 Å². The number of unbranched alkanes of at least 4 members (excludes halogenated alkanes) is 1. The lowest BCUT2D eigenvalue weighted by Crippen LogP contribution is -2.13. The highest BCUT2D eigenvalue weighted by molar-refractivity contribution is 7.16. The Hall–Kier alpha value is -1.82. The van der Waals surface area contributed by atoms with Crippen molar-refractivity contribution >= 4 is 27.5 Å². The number of fused-ring (bicyclic) bond motifs is 2. The van der Waals surface area contributed by atoms with E-state index in [0.717, 1.165) is 34.6 Å². The first kappa shape index (κ1) is 13.2. The molecule has 1 aliphatic heterocycles. The zero-order chi connectivity index (χ0) is 14.1. The van der Waals surface area contributed by atoms with Gasteiger partial charge in [-0.15, -0.1) is 0 Å². The normalized spacial score (nSPS) is 14.2. The molecule has 106 valence electrons. The molecule has 0 fully saturated rings. The van der Waals surface area contributed by atoms with Gasteiger partial charge in [-0.1, -0.05) is 24.7 Å². The van der Waals surface area contributed by atoms with Gasteiger partial charge in [0.15, 0.2) is 16.3 Å². The van der Waals surface area contributed by atoms with Crippen molar-refractivity contribution < 1.29 is 14.3 Å². The third-order valence-electron chi connectivity index (χ3n) is 3.27. The number of aromatic nitrogens is 1. The largest absolute Gasteiger partial charge is 0.454 e. The van der Waals surface area contributed by atoms with Crippen molar-refractivity contribution in [3.05, 3.63) is 16.9 Å². The van der Waals surface area contributed by atoms with E-state index in [2.05, 4.69) is 11.9 Å². The van der Waals surface area contributed by atoms with E-state index in [1.807, 2.05) is 23.7 Å². The van der Waals surface area contributed by atoms with E-state index in [0.29, 0.717) is 11.2 Å². The first-order valence-corrected chi connectivity index (χ1v) is 7.47. The summed E-state index contributed by atoms with van der Waals surface area (Å²) in [5.41, 5.74) is 1.00. The summed E-state index contributed by atoms with van der Waals surface area (Å²) in [6.07, 6.45) is 2.39. The molecule has 0 saturated heterocycles. The Morgan fingerprint density at radius 1 is 1.40 bits per heavy atom. The first-order valence-electron chi connectivity index (χ1n) is 6.65. The first-order chi connectivity index (χ1) is 9.69. The van der Waals surface area contributed by atoms with Gasteiger partial charge in [-0.2, -0.15) is 4.99 Å². The van der Waals surface area contributed by atoms with Gasteiger partial charge in [0.05, 0.1) is 10.2 Å². The number of hydrogen-bond donors (Lipinski definition) is 0. The van der Waals surface area contributed by atoms with Gasteiger partial charge in [0.1, 0.15) is 0 Å². The van der Waals surface area contributed by atoms with Crippen molar-refractivity contribution in [3.8, 4) is 11.5 Å². The molecule has 1 aromatic heterocycles. The van der Waals surface area contributed by atoms with Gasteiger partial charge in [-0.3, -0.25) is 4.79 Å². The lowest BCUT2D eigenvalue weighted by Gasteiger charge is -1.98. The minimum Gasteiger partial charge on any atom is -0.454 e. The molecule has 0 N–H and O–H groups in total. The third-order valence-corrected chi connectivity index (χ3v) is 4.36. The van der Waals surface area contributed by atoms with Gasteiger partial charge in [0.25, 0.3) is 0 Å². The van der Waals surface area contributed by atoms with Crippen molar-refractivity contribution in [2.45, 2.75) is 26.2 Å². The van der Waals surface area contributed by atoms with Crippen molar-refractivity contribution in [1.29, 1.82) is 0 Å². The smallest absolute Gasteiger partial charge is 0.248 e. The zero-order valence-electron chi connectivity index (χ0n) is 11.5. The summed E-state index contributed by atoms with van der Waals surface area (Å²) in [5, 5.41) is 0. The highest BCUT2D eigenvalue weighted by Gasteiger charge is 2.16. The molecule has 2 heterocycles. The van der Waals surface area contributed by atoms with Crippen LogP contribution >= 0.6 is 11.3 Å². The predicted octanol–water partition coefficient (Wildman–Crippen LogP) is 2.59. The van der Waals surface area contributed by atoms with Gasteiger partial charge in [0.2, 0.25) is 12.7 Å². The molecule has 1 aromatic carbocycles. The van der Waals surface area contributed by atoms with E-state index in [1.54, 1.807) is 0 Å². The summed E-state index contributed by atoms with van der Waals surface area (Å²) in [6, 6.07) is 3.88. The third kappa shape index (κ3) is 2.31. The molecule has 1 aliphatic rings. The molecule has 0 aliphatic carbocycles. The number of ether oxygens (including phenoxy) is 2. The SMILES string of the molecule is CCCCC(=O)N=c1sc2cc3c(cc2n1C)OCO3. The summed E-state index contributed by atoms with van der Waals surface area (Å²) in [6.45, 7) is 2.33. The molecule has 6 heteroatoms. The Morgan fingerprint density at radius 3 is 2.90 bits per heavy atom. The second-order valence-electron chi connectivity index (χ2n) is 4.73. The van der Waals surface area contributed by atoms with Crippen LogP contribution in [0.2, 0.25) is 0 Å². The zero-order valence-corrected chi connectivity index (χ0v) is 12.3. The van der Waals surface area contributed by atoms with Crippen LogP contribution in [0.1, 0.15) is 26.2 Å². The molecule has 0 radical (unpaired) electrons. The fourth-order valence-electron chi connectivity index (χ4n) is 2.11. The summed E-state index contributed by atoms with van der Waals surface area (Å²) in [4.78, 5) is 16.7. The molecule has 2 aromatic rings. The van der Waals surface area contributed by atoms with Crippen LogP contribution in [0.25, 0.3) is 10.2 Å². The number of hydrogen-bond acceptors (Lipinski definition) is 4. The van der Waals surface area contributed by atoms with E-state index in [9.17, 15) is 4.79 Å². The average molecular weight is 292 g/mol. The maximum atomic E-state index is 11.8. The van der Waals surface area contributed by atoms with Crippen molar-refractivity contribution in [2.24, 2.45) is 12.0 Å². The minimum absolute atomic E-state index is 0.0611. The van der Waals surface area contributed by atoms with Gasteiger partial charge in [-0.05, 0) is 6.42 Å². The molecule has 0 saturated carbocycles. The fraction of sp³-hybridized carbons (Fsp3) is 0.429. The van der Waals surface area contributed by atoms with Gasteiger partial charge >= 0.3 is 0 Å². The molecule has 3 rings (SSSR count). The van der Waals surface area contributed by atoms with Gasteiger partial charge in [-0.25, -0.2) is 0 Å².